The first-order valence-electron chi connectivity index (χ1n) is 12.1. The van der Waals surface area contributed by atoms with Crippen LogP contribution in [-0.2, 0) is 26.2 Å². The van der Waals surface area contributed by atoms with Gasteiger partial charge in [0.1, 0.15) is 18.4 Å². The molecule has 1 atom stereocenters. The van der Waals surface area contributed by atoms with Crippen LogP contribution in [0.15, 0.2) is 82.2 Å². The number of sulfonamides is 1. The van der Waals surface area contributed by atoms with Crippen LogP contribution in [0.1, 0.15) is 31.9 Å². The minimum Gasteiger partial charge on any atom is -0.352 e. The zero-order valence-corrected chi connectivity index (χ0v) is 24.1. The minimum atomic E-state index is -4.20. The largest absolute Gasteiger partial charge is 0.352 e. The summed E-state index contributed by atoms with van der Waals surface area (Å²) in [7, 11) is -4.20. The van der Waals surface area contributed by atoms with Gasteiger partial charge in [-0.25, -0.2) is 12.8 Å². The second kappa shape index (κ2) is 12.5. The maximum atomic E-state index is 13.8. The second-order valence-corrected chi connectivity index (χ2v) is 12.1. The van der Waals surface area contributed by atoms with Crippen molar-refractivity contribution in [1.82, 2.24) is 10.2 Å². The number of rotatable bonds is 10. The lowest BCUT2D eigenvalue weighted by Crippen LogP contribution is -2.52. The molecule has 0 aliphatic heterocycles. The summed E-state index contributed by atoms with van der Waals surface area (Å²) in [5.74, 6) is -1.49. The number of nitrogens with zero attached hydrogens (tertiary/aromatic N) is 2. The minimum absolute atomic E-state index is 0.00985. The van der Waals surface area contributed by atoms with Crippen molar-refractivity contribution in [1.29, 1.82) is 0 Å². The average molecular weight is 605 g/mol. The van der Waals surface area contributed by atoms with Crippen molar-refractivity contribution in [2.24, 2.45) is 0 Å². The molecule has 0 aliphatic rings. The lowest BCUT2D eigenvalue weighted by atomic mass is 10.1. The van der Waals surface area contributed by atoms with E-state index in [-0.39, 0.29) is 29.1 Å². The number of carbonyl (C=O) groups is 2. The number of benzene rings is 3. The van der Waals surface area contributed by atoms with E-state index < -0.39 is 34.3 Å². The lowest BCUT2D eigenvalue weighted by molar-refractivity contribution is -0.139. The molecule has 0 heterocycles. The number of nitrogens with one attached hydrogen (secondary N) is 1. The molecule has 0 radical (unpaired) electrons. The van der Waals surface area contributed by atoms with Crippen LogP contribution in [-0.4, -0.2) is 43.8 Å². The molecule has 2 amide bonds. The topological polar surface area (TPSA) is 86.8 Å². The van der Waals surface area contributed by atoms with Gasteiger partial charge in [-0.1, -0.05) is 45.8 Å². The molecular weight excluding hydrogens is 573 g/mol. The third kappa shape index (κ3) is 7.41. The highest BCUT2D eigenvalue weighted by atomic mass is 79.9. The molecule has 7 nitrogen and oxygen atoms in total. The Labute approximate surface area is 231 Å². The summed E-state index contributed by atoms with van der Waals surface area (Å²) in [5.41, 5.74) is 1.76. The Morgan fingerprint density at radius 2 is 1.61 bits per heavy atom. The fraction of sp³-hybridized carbons (Fsp3) is 0.286. The van der Waals surface area contributed by atoms with Crippen molar-refractivity contribution < 1.29 is 22.4 Å². The summed E-state index contributed by atoms with van der Waals surface area (Å²) in [6, 6.07) is 17.4. The van der Waals surface area contributed by atoms with Crippen molar-refractivity contribution in [2.75, 3.05) is 10.8 Å². The zero-order valence-electron chi connectivity index (χ0n) is 21.7. The van der Waals surface area contributed by atoms with Gasteiger partial charge in [-0.05, 0) is 81.8 Å². The molecule has 202 valence electrons. The van der Waals surface area contributed by atoms with Gasteiger partial charge < -0.3 is 10.2 Å². The Kier molecular flexibility index (Phi) is 9.67. The highest BCUT2D eigenvalue weighted by Crippen LogP contribution is 2.25. The molecule has 1 unspecified atom stereocenters. The number of hydrogen-bond donors (Lipinski definition) is 1. The number of amides is 2. The van der Waals surface area contributed by atoms with Crippen molar-refractivity contribution >= 4 is 43.5 Å². The van der Waals surface area contributed by atoms with Crippen LogP contribution in [0.3, 0.4) is 0 Å². The number of anilines is 1. The molecule has 10 heteroatoms. The number of halogens is 2. The van der Waals surface area contributed by atoms with Gasteiger partial charge in [0.15, 0.2) is 0 Å². The second-order valence-electron chi connectivity index (χ2n) is 9.29. The number of hydrogen-bond acceptors (Lipinski definition) is 4. The van der Waals surface area contributed by atoms with E-state index in [1.165, 1.54) is 29.2 Å². The first-order chi connectivity index (χ1) is 17.9. The van der Waals surface area contributed by atoms with Crippen molar-refractivity contribution in [2.45, 2.75) is 51.2 Å². The van der Waals surface area contributed by atoms with Gasteiger partial charge in [0.05, 0.1) is 10.6 Å². The van der Waals surface area contributed by atoms with Crippen LogP contribution in [0.5, 0.6) is 0 Å². The molecule has 1 N–H and O–H groups in total. The number of carbonyl (C=O) groups excluding carboxylic acids is 2. The predicted octanol–water partition coefficient (Wildman–Crippen LogP) is 5.03. The summed E-state index contributed by atoms with van der Waals surface area (Å²) in [4.78, 5) is 28.1. The van der Waals surface area contributed by atoms with Crippen molar-refractivity contribution in [3.8, 4) is 0 Å². The molecular formula is C28H31BrFN3O4S. The van der Waals surface area contributed by atoms with E-state index in [9.17, 15) is 22.4 Å². The third-order valence-electron chi connectivity index (χ3n) is 5.84. The van der Waals surface area contributed by atoms with E-state index in [2.05, 4.69) is 21.2 Å². The van der Waals surface area contributed by atoms with Crippen LogP contribution in [0.25, 0.3) is 0 Å². The van der Waals surface area contributed by atoms with Gasteiger partial charge in [0.25, 0.3) is 10.0 Å². The normalized spacial score (nSPS) is 12.2. The van der Waals surface area contributed by atoms with Crippen LogP contribution in [0.2, 0.25) is 0 Å². The monoisotopic (exact) mass is 603 g/mol. The van der Waals surface area contributed by atoms with Crippen molar-refractivity contribution in [3.05, 3.63) is 94.2 Å². The molecule has 3 aromatic carbocycles. The highest BCUT2D eigenvalue weighted by Gasteiger charge is 2.32. The smallest absolute Gasteiger partial charge is 0.264 e. The Bertz CT molecular complexity index is 1380. The molecule has 0 aromatic heterocycles. The summed E-state index contributed by atoms with van der Waals surface area (Å²) in [6.45, 7) is 6.55. The summed E-state index contributed by atoms with van der Waals surface area (Å²) in [5, 5.41) is 2.81. The Morgan fingerprint density at radius 1 is 0.974 bits per heavy atom. The van der Waals surface area contributed by atoms with Gasteiger partial charge in [0, 0.05) is 17.1 Å². The molecule has 38 heavy (non-hydrogen) atoms. The summed E-state index contributed by atoms with van der Waals surface area (Å²) >= 11 is 3.42. The van der Waals surface area contributed by atoms with Gasteiger partial charge in [-0.2, -0.15) is 0 Å². The summed E-state index contributed by atoms with van der Waals surface area (Å²) in [6.07, 6.45) is 0. The quantitative estimate of drug-likeness (QED) is 0.352. The molecule has 0 bridgehead atoms. The van der Waals surface area contributed by atoms with E-state index >= 15 is 0 Å². The highest BCUT2D eigenvalue weighted by molar-refractivity contribution is 9.10. The van der Waals surface area contributed by atoms with Crippen LogP contribution in [0, 0.1) is 12.7 Å². The molecule has 0 fully saturated rings. The molecule has 0 saturated carbocycles. The first kappa shape index (κ1) is 29.3. The van der Waals surface area contributed by atoms with Gasteiger partial charge in [0.2, 0.25) is 11.8 Å². The first-order valence-corrected chi connectivity index (χ1v) is 14.3. The SMILES string of the molecule is Cc1ccc(S(=O)(=O)N(CC(=O)N(Cc2cccc(Br)c2)C(C)C(=O)NC(C)C)c2ccc(F)cc2)cc1. The Hall–Kier alpha value is -3.24. The van der Waals surface area contributed by atoms with Crippen LogP contribution in [0.4, 0.5) is 10.1 Å². The van der Waals surface area contributed by atoms with Crippen molar-refractivity contribution in [3.63, 3.8) is 0 Å². The summed E-state index contributed by atoms with van der Waals surface area (Å²) < 4.78 is 42.9. The molecule has 0 spiro atoms. The Morgan fingerprint density at radius 3 is 2.18 bits per heavy atom. The average Bonchev–Trinajstić information content (AvgIpc) is 2.86. The Balaban J connectivity index is 2.02. The predicted molar refractivity (Wildman–Crippen MR) is 150 cm³/mol. The maximum Gasteiger partial charge on any atom is 0.264 e. The van der Waals surface area contributed by atoms with E-state index in [1.54, 1.807) is 19.1 Å². The zero-order chi connectivity index (χ0) is 28.0. The third-order valence-corrected chi connectivity index (χ3v) is 8.12. The standard InChI is InChI=1S/C28H31BrFN3O4S/c1-19(2)31-28(35)21(4)32(17-22-6-5-7-23(29)16-22)27(34)18-33(25-12-10-24(30)11-13-25)38(36,37)26-14-8-20(3)9-15-26/h5-16,19,21H,17-18H2,1-4H3,(H,31,35). The van der Waals surface area contributed by atoms with E-state index in [0.717, 1.165) is 32.0 Å². The lowest BCUT2D eigenvalue weighted by Gasteiger charge is -2.32. The van der Waals surface area contributed by atoms with Gasteiger partial charge in [-0.3, -0.25) is 13.9 Å². The molecule has 3 rings (SSSR count). The van der Waals surface area contributed by atoms with E-state index in [1.807, 2.05) is 45.0 Å². The van der Waals surface area contributed by atoms with Gasteiger partial charge in [-0.15, -0.1) is 0 Å². The van der Waals surface area contributed by atoms with Gasteiger partial charge >= 0.3 is 0 Å². The fourth-order valence-corrected chi connectivity index (χ4v) is 5.65. The molecule has 0 saturated heterocycles. The molecule has 0 aliphatic carbocycles. The van der Waals surface area contributed by atoms with Crippen LogP contribution < -0.4 is 9.62 Å². The van der Waals surface area contributed by atoms with E-state index in [0.29, 0.717) is 0 Å². The van der Waals surface area contributed by atoms with E-state index in [4.69, 9.17) is 0 Å². The fourth-order valence-electron chi connectivity index (χ4n) is 3.79. The number of aryl methyl sites for hydroxylation is 1. The molecule has 3 aromatic rings. The van der Waals surface area contributed by atoms with Crippen LogP contribution >= 0.6 is 15.9 Å². The maximum absolute atomic E-state index is 13.8.